The molecule has 1 aromatic carbocycles. The lowest BCUT2D eigenvalue weighted by Crippen LogP contribution is -2.18. The summed E-state index contributed by atoms with van der Waals surface area (Å²) in [6, 6.07) is 12.2. The quantitative estimate of drug-likeness (QED) is 0.744. The fourth-order valence-electron chi connectivity index (χ4n) is 2.57. The van der Waals surface area contributed by atoms with Crippen molar-refractivity contribution >= 4 is 11.2 Å². The molecule has 0 N–H and O–H groups in total. The molecule has 2 heterocycles. The molecule has 0 amide bonds. The second kappa shape index (κ2) is 5.81. The van der Waals surface area contributed by atoms with E-state index in [0.29, 0.717) is 0 Å². The molecule has 2 aromatic heterocycles. The summed E-state index contributed by atoms with van der Waals surface area (Å²) in [4.78, 5) is 13.1. The number of imidazole rings is 1. The van der Waals surface area contributed by atoms with Gasteiger partial charge >= 0.3 is 0 Å². The number of benzene rings is 1. The highest BCUT2D eigenvalue weighted by molar-refractivity contribution is 5.71. The Labute approximate surface area is 135 Å². The van der Waals surface area contributed by atoms with Crippen LogP contribution in [-0.4, -0.2) is 19.5 Å². The Balaban J connectivity index is 2.12. The lowest BCUT2D eigenvalue weighted by atomic mass is 9.96. The molecule has 5 nitrogen and oxygen atoms in total. The van der Waals surface area contributed by atoms with Crippen LogP contribution in [0, 0.1) is 16.7 Å². The molecule has 116 valence electrons. The second-order valence-corrected chi connectivity index (χ2v) is 6.85. The summed E-state index contributed by atoms with van der Waals surface area (Å²) >= 11 is 0. The van der Waals surface area contributed by atoms with E-state index in [1.54, 1.807) is 6.20 Å². The monoisotopic (exact) mass is 305 g/mol. The van der Waals surface area contributed by atoms with E-state index < -0.39 is 0 Å². The molecular formula is C18H19N5. The van der Waals surface area contributed by atoms with E-state index >= 15 is 0 Å². The summed E-state index contributed by atoms with van der Waals surface area (Å²) in [5.41, 5.74) is 2.75. The molecule has 0 unspecified atom stereocenters. The predicted molar refractivity (Wildman–Crippen MR) is 88.7 cm³/mol. The Morgan fingerprint density at radius 1 is 1.13 bits per heavy atom. The van der Waals surface area contributed by atoms with Crippen molar-refractivity contribution < 1.29 is 0 Å². The Morgan fingerprint density at radius 2 is 1.87 bits per heavy atom. The van der Waals surface area contributed by atoms with E-state index in [1.165, 1.54) is 5.56 Å². The molecule has 0 aliphatic carbocycles. The van der Waals surface area contributed by atoms with Gasteiger partial charge in [-0.3, -0.25) is 0 Å². The Bertz CT molecular complexity index is 866. The first-order valence-electron chi connectivity index (χ1n) is 7.62. The van der Waals surface area contributed by atoms with Gasteiger partial charge in [0, 0.05) is 13.0 Å². The van der Waals surface area contributed by atoms with E-state index in [1.807, 2.05) is 24.3 Å². The average Bonchev–Trinajstić information content (AvgIpc) is 2.83. The molecule has 0 bridgehead atoms. The van der Waals surface area contributed by atoms with E-state index in [4.69, 9.17) is 10.2 Å². The van der Waals surface area contributed by atoms with Crippen LogP contribution in [0.5, 0.6) is 0 Å². The van der Waals surface area contributed by atoms with Gasteiger partial charge < -0.3 is 4.57 Å². The van der Waals surface area contributed by atoms with Crippen molar-refractivity contribution in [2.24, 2.45) is 5.41 Å². The number of fused-ring (bicyclic) bond motifs is 1. The van der Waals surface area contributed by atoms with Crippen LogP contribution < -0.4 is 0 Å². The van der Waals surface area contributed by atoms with Crippen molar-refractivity contribution in [1.29, 1.82) is 5.26 Å². The maximum Gasteiger partial charge on any atom is 0.234 e. The molecule has 0 aliphatic heterocycles. The molecule has 5 heteroatoms. The van der Waals surface area contributed by atoms with Gasteiger partial charge in [-0.15, -0.1) is 0 Å². The highest BCUT2D eigenvalue weighted by atomic mass is 15.1. The van der Waals surface area contributed by atoms with Crippen LogP contribution in [0.3, 0.4) is 0 Å². The molecule has 3 aromatic rings. The molecule has 23 heavy (non-hydrogen) atoms. The van der Waals surface area contributed by atoms with Crippen LogP contribution >= 0.6 is 0 Å². The highest BCUT2D eigenvalue weighted by Crippen LogP contribution is 2.23. The molecule has 0 saturated heterocycles. The molecule has 3 rings (SSSR count). The van der Waals surface area contributed by atoms with Crippen molar-refractivity contribution in [3.8, 4) is 6.07 Å². The zero-order chi connectivity index (χ0) is 16.4. The maximum atomic E-state index is 9.06. The van der Waals surface area contributed by atoms with Crippen LogP contribution in [0.25, 0.3) is 11.2 Å². The van der Waals surface area contributed by atoms with Gasteiger partial charge in [-0.05, 0) is 11.0 Å². The van der Waals surface area contributed by atoms with Gasteiger partial charge in [0.15, 0.2) is 5.65 Å². The largest absolute Gasteiger partial charge is 0.312 e. The smallest absolute Gasteiger partial charge is 0.234 e. The van der Waals surface area contributed by atoms with Gasteiger partial charge in [0.2, 0.25) is 5.82 Å². The number of nitriles is 1. The minimum Gasteiger partial charge on any atom is -0.312 e. The Kier molecular flexibility index (Phi) is 3.83. The van der Waals surface area contributed by atoms with E-state index in [2.05, 4.69) is 47.4 Å². The molecule has 0 fully saturated rings. The number of hydrogen-bond donors (Lipinski definition) is 0. The molecule has 0 radical (unpaired) electrons. The summed E-state index contributed by atoms with van der Waals surface area (Å²) in [5, 5.41) is 9.06. The Morgan fingerprint density at radius 3 is 2.52 bits per heavy atom. The highest BCUT2D eigenvalue weighted by Gasteiger charge is 2.19. The lowest BCUT2D eigenvalue weighted by molar-refractivity contribution is 0.343. The molecule has 0 atom stereocenters. The summed E-state index contributed by atoms with van der Waals surface area (Å²) in [7, 11) is 0. The van der Waals surface area contributed by atoms with Crippen molar-refractivity contribution in [2.45, 2.75) is 33.7 Å². The van der Waals surface area contributed by atoms with Gasteiger partial charge in [-0.25, -0.2) is 9.97 Å². The van der Waals surface area contributed by atoms with Gasteiger partial charge in [0.05, 0.1) is 6.20 Å². The molecule has 0 saturated carbocycles. The minimum atomic E-state index is 0.0802. The van der Waals surface area contributed by atoms with Gasteiger partial charge in [-0.1, -0.05) is 51.1 Å². The first-order valence-corrected chi connectivity index (χ1v) is 7.62. The van der Waals surface area contributed by atoms with Crippen LogP contribution in [0.2, 0.25) is 0 Å². The van der Waals surface area contributed by atoms with Gasteiger partial charge in [-0.2, -0.15) is 10.2 Å². The third kappa shape index (κ3) is 3.37. The second-order valence-electron chi connectivity index (χ2n) is 6.85. The topological polar surface area (TPSA) is 67.4 Å². The molecule has 0 spiro atoms. The van der Waals surface area contributed by atoms with Gasteiger partial charge in [0.1, 0.15) is 17.4 Å². The van der Waals surface area contributed by atoms with E-state index in [9.17, 15) is 0 Å². The molecular weight excluding hydrogens is 286 g/mol. The number of nitrogens with zero attached hydrogens (tertiary/aromatic N) is 5. The fourth-order valence-corrected chi connectivity index (χ4v) is 2.57. The SMILES string of the molecule is CC(C)(C)Cn1c(Cc2ccccc2)nc2cnc(C#N)nc21. The zero-order valence-electron chi connectivity index (χ0n) is 13.6. The van der Waals surface area contributed by atoms with Crippen molar-refractivity contribution in [3.63, 3.8) is 0 Å². The normalized spacial score (nSPS) is 11.6. The minimum absolute atomic E-state index is 0.0802. The third-order valence-electron chi connectivity index (χ3n) is 3.50. The summed E-state index contributed by atoms with van der Waals surface area (Å²) in [6.07, 6.45) is 2.36. The summed E-state index contributed by atoms with van der Waals surface area (Å²) in [5.74, 6) is 1.13. The van der Waals surface area contributed by atoms with Crippen molar-refractivity contribution in [1.82, 2.24) is 19.5 Å². The maximum absolute atomic E-state index is 9.06. The van der Waals surface area contributed by atoms with E-state index in [-0.39, 0.29) is 11.2 Å². The van der Waals surface area contributed by atoms with Crippen molar-refractivity contribution in [3.05, 3.63) is 53.7 Å². The first-order chi connectivity index (χ1) is 11.0. The zero-order valence-corrected chi connectivity index (χ0v) is 13.6. The van der Waals surface area contributed by atoms with E-state index in [0.717, 1.165) is 30.0 Å². The number of rotatable bonds is 3. The predicted octanol–water partition coefficient (Wildman–Crippen LogP) is 3.33. The third-order valence-corrected chi connectivity index (χ3v) is 3.50. The van der Waals surface area contributed by atoms with Crippen LogP contribution in [0.4, 0.5) is 0 Å². The van der Waals surface area contributed by atoms with Crippen LogP contribution in [-0.2, 0) is 13.0 Å². The van der Waals surface area contributed by atoms with Crippen LogP contribution in [0.1, 0.15) is 38.0 Å². The number of hydrogen-bond acceptors (Lipinski definition) is 4. The van der Waals surface area contributed by atoms with Crippen LogP contribution in [0.15, 0.2) is 36.5 Å². The summed E-state index contributed by atoms with van der Waals surface area (Å²) < 4.78 is 2.12. The van der Waals surface area contributed by atoms with Gasteiger partial charge in [0.25, 0.3) is 0 Å². The summed E-state index contributed by atoms with van der Waals surface area (Å²) in [6.45, 7) is 7.32. The first kappa shape index (κ1) is 15.2. The fraction of sp³-hybridized carbons (Fsp3) is 0.333. The standard InChI is InChI=1S/C18H19N5/c1-18(2,3)12-23-16(9-13-7-5-4-6-8-13)21-14-11-20-15(10-19)22-17(14)23/h4-8,11H,9,12H2,1-3H3. The number of aromatic nitrogens is 4. The average molecular weight is 305 g/mol. The molecule has 0 aliphatic rings. The Hall–Kier alpha value is -2.74. The van der Waals surface area contributed by atoms with Crippen molar-refractivity contribution in [2.75, 3.05) is 0 Å². The lowest BCUT2D eigenvalue weighted by Gasteiger charge is -2.21.